The maximum absolute atomic E-state index is 13.7. The molecule has 0 aliphatic rings. The van der Waals surface area contributed by atoms with Crippen LogP contribution in [0.5, 0.6) is 5.75 Å². The molecule has 6 heteroatoms. The van der Waals surface area contributed by atoms with Crippen molar-refractivity contribution in [3.05, 3.63) is 65.5 Å². The topological polar surface area (TPSA) is 67.4 Å². The first-order valence-corrected chi connectivity index (χ1v) is 8.38. The second kappa shape index (κ2) is 8.99. The molecule has 0 aliphatic carbocycles. The van der Waals surface area contributed by atoms with Crippen molar-refractivity contribution in [2.45, 2.75) is 26.4 Å². The minimum absolute atomic E-state index is 0.0626. The molecule has 2 amide bonds. The van der Waals surface area contributed by atoms with Crippen LogP contribution in [0.2, 0.25) is 0 Å². The van der Waals surface area contributed by atoms with Crippen molar-refractivity contribution in [1.29, 1.82) is 0 Å². The number of nitrogens with one attached hydrogen (secondary N) is 2. The summed E-state index contributed by atoms with van der Waals surface area (Å²) in [6, 6.07) is 12.1. The van der Waals surface area contributed by atoms with E-state index in [1.807, 2.05) is 13.8 Å². The van der Waals surface area contributed by atoms with Crippen molar-refractivity contribution < 1.29 is 18.7 Å². The van der Waals surface area contributed by atoms with Gasteiger partial charge in [0.05, 0.1) is 7.11 Å². The fraction of sp³-hybridized carbons (Fsp3) is 0.300. The summed E-state index contributed by atoms with van der Waals surface area (Å²) in [6.07, 6.45) is 0. The van der Waals surface area contributed by atoms with Gasteiger partial charge < -0.3 is 15.4 Å². The predicted molar refractivity (Wildman–Crippen MR) is 97.3 cm³/mol. The molecule has 26 heavy (non-hydrogen) atoms. The molecular formula is C20H23FN2O3. The lowest BCUT2D eigenvalue weighted by atomic mass is 10.0. The van der Waals surface area contributed by atoms with E-state index in [-0.39, 0.29) is 30.1 Å². The molecule has 1 atom stereocenters. The lowest BCUT2D eigenvalue weighted by Gasteiger charge is -2.22. The number of hydrogen-bond donors (Lipinski definition) is 2. The molecule has 138 valence electrons. The highest BCUT2D eigenvalue weighted by atomic mass is 19.1. The average molecular weight is 358 g/mol. The van der Waals surface area contributed by atoms with Crippen molar-refractivity contribution in [3.63, 3.8) is 0 Å². The molecule has 2 N–H and O–H groups in total. The fourth-order valence-corrected chi connectivity index (χ4v) is 2.44. The first kappa shape index (κ1) is 19.4. The van der Waals surface area contributed by atoms with E-state index in [0.717, 1.165) is 0 Å². The molecular weight excluding hydrogens is 335 g/mol. The highest BCUT2D eigenvalue weighted by Gasteiger charge is 2.24. The van der Waals surface area contributed by atoms with Crippen LogP contribution < -0.4 is 15.4 Å². The van der Waals surface area contributed by atoms with Gasteiger partial charge in [-0.15, -0.1) is 0 Å². The zero-order valence-corrected chi connectivity index (χ0v) is 15.1. The van der Waals surface area contributed by atoms with E-state index in [2.05, 4.69) is 10.6 Å². The van der Waals surface area contributed by atoms with Crippen LogP contribution in [0.4, 0.5) is 4.39 Å². The molecule has 0 aromatic heterocycles. The Morgan fingerprint density at radius 2 is 1.73 bits per heavy atom. The molecule has 0 aliphatic heterocycles. The second-order valence-corrected chi connectivity index (χ2v) is 6.23. The van der Waals surface area contributed by atoms with Crippen molar-refractivity contribution >= 4 is 11.8 Å². The third-order valence-corrected chi connectivity index (χ3v) is 4.00. The summed E-state index contributed by atoms with van der Waals surface area (Å²) in [5.41, 5.74) is 0.822. The molecule has 5 nitrogen and oxygen atoms in total. The Balaban J connectivity index is 2.01. The van der Waals surface area contributed by atoms with Gasteiger partial charge in [-0.2, -0.15) is 0 Å². The van der Waals surface area contributed by atoms with Gasteiger partial charge in [0.1, 0.15) is 17.6 Å². The number of hydrogen-bond acceptors (Lipinski definition) is 3. The number of halogens is 1. The highest BCUT2D eigenvalue weighted by molar-refractivity contribution is 5.97. The van der Waals surface area contributed by atoms with Crippen molar-refractivity contribution in [2.24, 2.45) is 5.92 Å². The molecule has 0 unspecified atom stereocenters. The summed E-state index contributed by atoms with van der Waals surface area (Å²) in [7, 11) is 1.55. The minimum atomic E-state index is -0.726. The zero-order valence-electron chi connectivity index (χ0n) is 15.1. The quantitative estimate of drug-likeness (QED) is 0.800. The summed E-state index contributed by atoms with van der Waals surface area (Å²) < 4.78 is 18.7. The Bertz CT molecular complexity index is 760. The SMILES string of the molecule is COc1ccc(C(=O)N[C@H](C(=O)NCc2ccccc2F)C(C)C)cc1. The van der Waals surface area contributed by atoms with E-state index >= 15 is 0 Å². The van der Waals surface area contributed by atoms with Crippen LogP contribution in [0.25, 0.3) is 0 Å². The molecule has 0 radical (unpaired) electrons. The number of benzene rings is 2. The molecule has 2 aromatic carbocycles. The Morgan fingerprint density at radius 3 is 2.31 bits per heavy atom. The summed E-state index contributed by atoms with van der Waals surface area (Å²) in [5, 5.41) is 5.42. The van der Waals surface area contributed by atoms with Crippen LogP contribution in [-0.4, -0.2) is 25.0 Å². The molecule has 0 saturated carbocycles. The number of rotatable bonds is 7. The summed E-state index contributed by atoms with van der Waals surface area (Å²) >= 11 is 0. The van der Waals surface area contributed by atoms with Crippen LogP contribution in [0.1, 0.15) is 29.8 Å². The van der Waals surface area contributed by atoms with Gasteiger partial charge in [0.15, 0.2) is 0 Å². The Morgan fingerprint density at radius 1 is 1.08 bits per heavy atom. The van der Waals surface area contributed by atoms with Gasteiger partial charge in [-0.25, -0.2) is 4.39 Å². The first-order valence-electron chi connectivity index (χ1n) is 8.38. The molecule has 0 bridgehead atoms. The summed E-state index contributed by atoms with van der Waals surface area (Å²) in [6.45, 7) is 3.73. The van der Waals surface area contributed by atoms with E-state index in [0.29, 0.717) is 16.9 Å². The van der Waals surface area contributed by atoms with Crippen LogP contribution in [0.15, 0.2) is 48.5 Å². The van der Waals surface area contributed by atoms with E-state index in [1.165, 1.54) is 6.07 Å². The number of methoxy groups -OCH3 is 1. The number of ether oxygens (including phenoxy) is 1. The maximum Gasteiger partial charge on any atom is 0.251 e. The Labute approximate surface area is 152 Å². The Kier molecular flexibility index (Phi) is 6.72. The highest BCUT2D eigenvalue weighted by Crippen LogP contribution is 2.12. The average Bonchev–Trinajstić information content (AvgIpc) is 2.64. The van der Waals surface area contributed by atoms with Crippen LogP contribution in [0.3, 0.4) is 0 Å². The largest absolute Gasteiger partial charge is 0.497 e. The third-order valence-electron chi connectivity index (χ3n) is 4.00. The van der Waals surface area contributed by atoms with Gasteiger partial charge >= 0.3 is 0 Å². The summed E-state index contributed by atoms with van der Waals surface area (Å²) in [4.78, 5) is 24.9. The molecule has 0 saturated heterocycles. The normalized spacial score (nSPS) is 11.7. The summed E-state index contributed by atoms with van der Waals surface area (Å²) in [5.74, 6) is -0.573. The second-order valence-electron chi connectivity index (χ2n) is 6.23. The van der Waals surface area contributed by atoms with Crippen LogP contribution in [0, 0.1) is 11.7 Å². The van der Waals surface area contributed by atoms with Gasteiger partial charge in [-0.1, -0.05) is 32.0 Å². The van der Waals surface area contributed by atoms with Gasteiger partial charge in [0.25, 0.3) is 5.91 Å². The van der Waals surface area contributed by atoms with Crippen LogP contribution in [-0.2, 0) is 11.3 Å². The van der Waals surface area contributed by atoms with Crippen LogP contribution >= 0.6 is 0 Å². The standard InChI is InChI=1S/C20H23FN2O3/c1-13(2)18(20(25)22-12-15-6-4-5-7-17(15)21)23-19(24)14-8-10-16(26-3)11-9-14/h4-11,13,18H,12H2,1-3H3,(H,22,25)(H,23,24)/t18-/m0/s1. The van der Waals surface area contributed by atoms with E-state index in [4.69, 9.17) is 4.74 Å². The molecule has 2 aromatic rings. The van der Waals surface area contributed by atoms with Gasteiger partial charge in [-0.3, -0.25) is 9.59 Å². The first-order chi connectivity index (χ1) is 12.4. The monoisotopic (exact) mass is 358 g/mol. The number of carbonyl (C=O) groups is 2. The molecule has 2 rings (SSSR count). The maximum atomic E-state index is 13.7. The predicted octanol–water partition coefficient (Wildman–Crippen LogP) is 2.91. The van der Waals surface area contributed by atoms with Gasteiger partial charge in [-0.05, 0) is 36.2 Å². The minimum Gasteiger partial charge on any atom is -0.497 e. The van der Waals surface area contributed by atoms with Gasteiger partial charge in [0.2, 0.25) is 5.91 Å². The zero-order chi connectivity index (χ0) is 19.1. The Hall–Kier alpha value is -2.89. The van der Waals surface area contributed by atoms with Crippen molar-refractivity contribution in [3.8, 4) is 5.75 Å². The van der Waals surface area contributed by atoms with Crippen molar-refractivity contribution in [2.75, 3.05) is 7.11 Å². The lowest BCUT2D eigenvalue weighted by Crippen LogP contribution is -2.49. The van der Waals surface area contributed by atoms with E-state index in [9.17, 15) is 14.0 Å². The van der Waals surface area contributed by atoms with E-state index in [1.54, 1.807) is 49.6 Å². The van der Waals surface area contributed by atoms with E-state index < -0.39 is 6.04 Å². The lowest BCUT2D eigenvalue weighted by molar-refractivity contribution is -0.124. The third kappa shape index (κ3) is 5.05. The molecule has 0 heterocycles. The number of carbonyl (C=O) groups excluding carboxylic acids is 2. The smallest absolute Gasteiger partial charge is 0.251 e. The van der Waals surface area contributed by atoms with Gasteiger partial charge in [0, 0.05) is 17.7 Å². The number of amides is 2. The fourth-order valence-electron chi connectivity index (χ4n) is 2.44. The van der Waals surface area contributed by atoms with Crippen molar-refractivity contribution in [1.82, 2.24) is 10.6 Å². The molecule has 0 fully saturated rings. The molecule has 0 spiro atoms.